The number of primary amides is 1. The van der Waals surface area contributed by atoms with Crippen LogP contribution in [-0.4, -0.2) is 11.8 Å². The molecule has 0 saturated heterocycles. The Kier molecular flexibility index (Phi) is 4.50. The maximum absolute atomic E-state index is 13.9. The number of benzene rings is 1. The lowest BCUT2D eigenvalue weighted by Gasteiger charge is -2.11. The van der Waals surface area contributed by atoms with E-state index in [0.29, 0.717) is 15.0 Å². The van der Waals surface area contributed by atoms with Crippen LogP contribution in [0.5, 0.6) is 0 Å². The van der Waals surface area contributed by atoms with Gasteiger partial charge in [-0.25, -0.2) is 4.39 Å². The first-order valence-electron chi connectivity index (χ1n) is 7.18. The van der Waals surface area contributed by atoms with Crippen LogP contribution in [0, 0.1) is 5.82 Å². The molecule has 4 nitrogen and oxygen atoms in total. The number of carbonyl (C=O) groups excluding carboxylic acids is 2. The molecule has 1 aliphatic carbocycles. The predicted octanol–water partition coefficient (Wildman–Crippen LogP) is 3.88. The van der Waals surface area contributed by atoms with Gasteiger partial charge in [-0.1, -0.05) is 15.9 Å². The third-order valence-corrected chi connectivity index (χ3v) is 5.52. The maximum Gasteiger partial charge on any atom is 0.259 e. The standard InChI is InChI=1S/C16H14BrFN2O2S/c17-8-5-6-9(11(18)7-8)15(22)20-16-13(14(19)21)10-3-1-2-4-12(10)23-16/h5-7H,1-4H2,(H2,19,21)(H,20,22). The highest BCUT2D eigenvalue weighted by molar-refractivity contribution is 9.10. The molecule has 0 bridgehead atoms. The van der Waals surface area contributed by atoms with E-state index in [0.717, 1.165) is 36.1 Å². The quantitative estimate of drug-likeness (QED) is 0.825. The highest BCUT2D eigenvalue weighted by atomic mass is 79.9. The number of nitrogens with one attached hydrogen (secondary N) is 1. The van der Waals surface area contributed by atoms with Gasteiger partial charge in [0, 0.05) is 9.35 Å². The fourth-order valence-electron chi connectivity index (χ4n) is 2.76. The highest BCUT2D eigenvalue weighted by Gasteiger charge is 2.25. The zero-order valence-corrected chi connectivity index (χ0v) is 14.5. The summed E-state index contributed by atoms with van der Waals surface area (Å²) in [4.78, 5) is 25.2. The van der Waals surface area contributed by atoms with Crippen molar-refractivity contribution >= 4 is 44.1 Å². The molecule has 120 valence electrons. The molecule has 3 rings (SSSR count). The molecular weight excluding hydrogens is 383 g/mol. The first-order valence-corrected chi connectivity index (χ1v) is 8.79. The van der Waals surface area contributed by atoms with Crippen LogP contribution in [-0.2, 0) is 12.8 Å². The molecule has 2 aromatic rings. The molecular formula is C16H14BrFN2O2S. The van der Waals surface area contributed by atoms with Crippen molar-refractivity contribution in [1.29, 1.82) is 0 Å². The number of halogens is 2. The molecule has 0 aliphatic heterocycles. The minimum atomic E-state index is -0.626. The number of thiophene rings is 1. The molecule has 0 saturated carbocycles. The van der Waals surface area contributed by atoms with Gasteiger partial charge in [0.25, 0.3) is 11.8 Å². The van der Waals surface area contributed by atoms with Crippen LogP contribution < -0.4 is 11.1 Å². The van der Waals surface area contributed by atoms with Crippen molar-refractivity contribution in [2.75, 3.05) is 5.32 Å². The van der Waals surface area contributed by atoms with E-state index >= 15 is 0 Å². The number of hydrogen-bond donors (Lipinski definition) is 2. The fraction of sp³-hybridized carbons (Fsp3) is 0.250. The predicted molar refractivity (Wildman–Crippen MR) is 91.5 cm³/mol. The van der Waals surface area contributed by atoms with E-state index in [9.17, 15) is 14.0 Å². The third kappa shape index (κ3) is 3.16. The Hall–Kier alpha value is -1.73. The average Bonchev–Trinajstić information content (AvgIpc) is 2.84. The molecule has 1 aromatic carbocycles. The van der Waals surface area contributed by atoms with Gasteiger partial charge in [-0.2, -0.15) is 0 Å². The first kappa shape index (κ1) is 16.1. The number of amides is 2. The molecule has 3 N–H and O–H groups in total. The van der Waals surface area contributed by atoms with E-state index in [1.807, 2.05) is 0 Å². The minimum Gasteiger partial charge on any atom is -0.365 e. The number of fused-ring (bicyclic) bond motifs is 1. The topological polar surface area (TPSA) is 72.2 Å². The van der Waals surface area contributed by atoms with Gasteiger partial charge < -0.3 is 11.1 Å². The van der Waals surface area contributed by atoms with Gasteiger partial charge in [0.05, 0.1) is 11.1 Å². The molecule has 0 radical (unpaired) electrons. The lowest BCUT2D eigenvalue weighted by atomic mass is 9.95. The molecule has 23 heavy (non-hydrogen) atoms. The van der Waals surface area contributed by atoms with Crippen LogP contribution in [0.4, 0.5) is 9.39 Å². The van der Waals surface area contributed by atoms with Crippen molar-refractivity contribution < 1.29 is 14.0 Å². The monoisotopic (exact) mass is 396 g/mol. The summed E-state index contributed by atoms with van der Waals surface area (Å²) in [6, 6.07) is 4.21. The largest absolute Gasteiger partial charge is 0.365 e. The van der Waals surface area contributed by atoms with Crippen molar-refractivity contribution in [3.8, 4) is 0 Å². The van der Waals surface area contributed by atoms with Gasteiger partial charge in [-0.15, -0.1) is 11.3 Å². The van der Waals surface area contributed by atoms with Gasteiger partial charge >= 0.3 is 0 Å². The zero-order chi connectivity index (χ0) is 16.6. The van der Waals surface area contributed by atoms with E-state index in [4.69, 9.17) is 5.73 Å². The Labute approximate surface area is 145 Å². The van der Waals surface area contributed by atoms with E-state index in [2.05, 4.69) is 21.2 Å². The van der Waals surface area contributed by atoms with E-state index in [-0.39, 0.29) is 5.56 Å². The Balaban J connectivity index is 1.95. The van der Waals surface area contributed by atoms with Gasteiger partial charge in [0.2, 0.25) is 0 Å². The summed E-state index contributed by atoms with van der Waals surface area (Å²) < 4.78 is 14.5. The SMILES string of the molecule is NC(=O)c1c(NC(=O)c2ccc(Br)cc2F)sc2c1CCCC2. The number of hydrogen-bond acceptors (Lipinski definition) is 3. The van der Waals surface area contributed by atoms with Crippen molar-refractivity contribution in [1.82, 2.24) is 0 Å². The summed E-state index contributed by atoms with van der Waals surface area (Å²) in [5, 5.41) is 3.06. The van der Waals surface area contributed by atoms with E-state index < -0.39 is 17.6 Å². The molecule has 1 heterocycles. The van der Waals surface area contributed by atoms with Crippen molar-refractivity contribution in [3.05, 3.63) is 50.1 Å². The number of rotatable bonds is 3. The van der Waals surface area contributed by atoms with Crippen LogP contribution in [0.3, 0.4) is 0 Å². The van der Waals surface area contributed by atoms with Crippen molar-refractivity contribution in [3.63, 3.8) is 0 Å². The first-order chi connectivity index (χ1) is 11.0. The molecule has 2 amide bonds. The molecule has 7 heteroatoms. The summed E-state index contributed by atoms with van der Waals surface area (Å²) in [7, 11) is 0. The van der Waals surface area contributed by atoms with Crippen molar-refractivity contribution in [2.24, 2.45) is 5.73 Å². The summed E-state index contributed by atoms with van der Waals surface area (Å²) in [5.41, 5.74) is 6.71. The van der Waals surface area contributed by atoms with Crippen LogP contribution in [0.25, 0.3) is 0 Å². The summed E-state index contributed by atoms with van der Waals surface area (Å²) in [6.45, 7) is 0. The smallest absolute Gasteiger partial charge is 0.259 e. The van der Waals surface area contributed by atoms with Gasteiger partial charge in [0.15, 0.2) is 0 Å². The van der Waals surface area contributed by atoms with Gasteiger partial charge in [-0.3, -0.25) is 9.59 Å². The normalized spacial score (nSPS) is 13.5. The lowest BCUT2D eigenvalue weighted by molar-refractivity contribution is 0.100. The number of carbonyl (C=O) groups is 2. The molecule has 1 aliphatic rings. The van der Waals surface area contributed by atoms with Crippen LogP contribution in [0.15, 0.2) is 22.7 Å². The zero-order valence-electron chi connectivity index (χ0n) is 12.1. The second-order valence-electron chi connectivity index (χ2n) is 5.36. The molecule has 0 unspecified atom stereocenters. The molecule has 0 atom stereocenters. The minimum absolute atomic E-state index is 0.0741. The van der Waals surface area contributed by atoms with E-state index in [1.165, 1.54) is 23.5 Å². The Morgan fingerprint density at radius 1 is 1.26 bits per heavy atom. The average molecular weight is 397 g/mol. The number of anilines is 1. The van der Waals surface area contributed by atoms with Gasteiger partial charge in [0.1, 0.15) is 10.8 Å². The molecule has 1 aromatic heterocycles. The fourth-order valence-corrected chi connectivity index (χ4v) is 4.38. The van der Waals surface area contributed by atoms with Crippen LogP contribution in [0.1, 0.15) is 44.0 Å². The molecule has 0 spiro atoms. The van der Waals surface area contributed by atoms with E-state index in [1.54, 1.807) is 6.07 Å². The summed E-state index contributed by atoms with van der Waals surface area (Å²) >= 11 is 4.51. The Morgan fingerprint density at radius 3 is 2.70 bits per heavy atom. The van der Waals surface area contributed by atoms with Crippen LogP contribution >= 0.6 is 27.3 Å². The lowest BCUT2D eigenvalue weighted by Crippen LogP contribution is -2.19. The summed E-state index contributed by atoms with van der Waals surface area (Å²) in [6.07, 6.45) is 3.72. The third-order valence-electron chi connectivity index (χ3n) is 3.82. The van der Waals surface area contributed by atoms with Gasteiger partial charge in [-0.05, 0) is 49.4 Å². The Morgan fingerprint density at radius 2 is 2.00 bits per heavy atom. The summed E-state index contributed by atoms with van der Waals surface area (Å²) in [5.74, 6) is -1.77. The number of nitrogens with two attached hydrogens (primary N) is 1. The highest BCUT2D eigenvalue weighted by Crippen LogP contribution is 2.38. The van der Waals surface area contributed by atoms with Crippen molar-refractivity contribution in [2.45, 2.75) is 25.7 Å². The molecule has 0 fully saturated rings. The number of aryl methyl sites for hydroxylation is 1. The maximum atomic E-state index is 13.9. The Bertz CT molecular complexity index is 804. The second-order valence-corrected chi connectivity index (χ2v) is 7.38. The second kappa shape index (κ2) is 6.41. The van der Waals surface area contributed by atoms with Crippen LogP contribution in [0.2, 0.25) is 0 Å².